The van der Waals surface area contributed by atoms with E-state index in [1.165, 1.54) is 6.08 Å². The molecule has 2 aliphatic rings. The summed E-state index contributed by atoms with van der Waals surface area (Å²) in [7, 11) is 0. The molecular formula is C8H11NO2. The van der Waals surface area contributed by atoms with Gasteiger partial charge in [0.2, 0.25) is 5.91 Å². The highest BCUT2D eigenvalue weighted by molar-refractivity contribution is 5.87. The monoisotopic (exact) mass is 153 g/mol. The van der Waals surface area contributed by atoms with Gasteiger partial charge in [0.1, 0.15) is 0 Å². The molecule has 0 aromatic carbocycles. The predicted octanol–water partition coefficient (Wildman–Crippen LogP) is 0.172. The molecule has 0 spiro atoms. The number of morpholine rings is 1. The van der Waals surface area contributed by atoms with Crippen molar-refractivity contribution in [1.82, 2.24) is 4.90 Å². The summed E-state index contributed by atoms with van der Waals surface area (Å²) in [6.45, 7) is 4.93. The number of hydrogen-bond donors (Lipinski definition) is 0. The summed E-state index contributed by atoms with van der Waals surface area (Å²) >= 11 is 0. The van der Waals surface area contributed by atoms with E-state index in [9.17, 15) is 4.79 Å². The molecule has 2 fully saturated rings. The highest BCUT2D eigenvalue weighted by Crippen LogP contribution is 2.27. The van der Waals surface area contributed by atoms with Gasteiger partial charge < -0.3 is 9.64 Å². The molecule has 2 unspecified atom stereocenters. The topological polar surface area (TPSA) is 29.5 Å². The molecular weight excluding hydrogens is 142 g/mol. The first-order chi connectivity index (χ1) is 5.31. The third kappa shape index (κ3) is 0.959. The summed E-state index contributed by atoms with van der Waals surface area (Å²) in [6.07, 6.45) is 2.68. The van der Waals surface area contributed by atoms with Crippen LogP contribution in [0.25, 0.3) is 0 Å². The second-order valence-electron chi connectivity index (χ2n) is 3.04. The van der Waals surface area contributed by atoms with Crippen molar-refractivity contribution in [1.29, 1.82) is 0 Å². The van der Waals surface area contributed by atoms with Crippen molar-refractivity contribution in [3.05, 3.63) is 12.7 Å². The number of carbonyl (C=O) groups excluding carboxylic acids is 1. The molecule has 2 atom stereocenters. The lowest BCUT2D eigenvalue weighted by atomic mass is 10.2. The van der Waals surface area contributed by atoms with Gasteiger partial charge in [-0.15, -0.1) is 0 Å². The van der Waals surface area contributed by atoms with Crippen molar-refractivity contribution >= 4 is 5.91 Å². The van der Waals surface area contributed by atoms with Gasteiger partial charge in [-0.05, 0) is 12.5 Å². The minimum atomic E-state index is 0.0424. The average Bonchev–Trinajstić information content (AvgIpc) is 2.62. The van der Waals surface area contributed by atoms with E-state index in [1.807, 2.05) is 4.90 Å². The summed E-state index contributed by atoms with van der Waals surface area (Å²) in [5, 5.41) is 0. The fraction of sp³-hybridized carbons (Fsp3) is 0.625. The van der Waals surface area contributed by atoms with Crippen LogP contribution in [0.2, 0.25) is 0 Å². The number of fused-ring (bicyclic) bond motifs is 2. The zero-order chi connectivity index (χ0) is 7.84. The summed E-state index contributed by atoms with van der Waals surface area (Å²) in [6, 6.07) is 0.325. The molecule has 2 bridgehead atoms. The van der Waals surface area contributed by atoms with E-state index < -0.39 is 0 Å². The van der Waals surface area contributed by atoms with Gasteiger partial charge in [0.25, 0.3) is 0 Å². The SMILES string of the molecule is C=CC(=O)N1CC2CC1CO2. The number of amides is 1. The number of nitrogens with zero attached hydrogens (tertiary/aromatic N) is 1. The summed E-state index contributed by atoms with van der Waals surface area (Å²) in [4.78, 5) is 13.0. The molecule has 0 radical (unpaired) electrons. The quantitative estimate of drug-likeness (QED) is 0.503. The molecule has 2 saturated heterocycles. The van der Waals surface area contributed by atoms with Crippen LogP contribution in [0.5, 0.6) is 0 Å². The first-order valence-electron chi connectivity index (χ1n) is 3.86. The zero-order valence-corrected chi connectivity index (χ0v) is 6.32. The fourth-order valence-electron chi connectivity index (χ4n) is 1.79. The Morgan fingerprint density at radius 3 is 3.00 bits per heavy atom. The van der Waals surface area contributed by atoms with Crippen LogP contribution in [0, 0.1) is 0 Å². The smallest absolute Gasteiger partial charge is 0.246 e. The van der Waals surface area contributed by atoms with Crippen LogP contribution in [0.15, 0.2) is 12.7 Å². The van der Waals surface area contributed by atoms with E-state index in [0.29, 0.717) is 18.8 Å². The first kappa shape index (κ1) is 6.85. The van der Waals surface area contributed by atoms with Crippen LogP contribution in [-0.4, -0.2) is 36.1 Å². The number of likely N-dealkylation sites (tertiary alicyclic amines) is 1. The Balaban J connectivity index is 2.07. The van der Waals surface area contributed by atoms with E-state index in [0.717, 1.165) is 13.0 Å². The Morgan fingerprint density at radius 1 is 1.73 bits per heavy atom. The molecule has 0 aromatic heterocycles. The van der Waals surface area contributed by atoms with Crippen molar-refractivity contribution in [3.8, 4) is 0 Å². The van der Waals surface area contributed by atoms with E-state index in [2.05, 4.69) is 6.58 Å². The lowest BCUT2D eigenvalue weighted by Gasteiger charge is -2.25. The zero-order valence-electron chi connectivity index (χ0n) is 6.32. The largest absolute Gasteiger partial charge is 0.374 e. The third-order valence-electron chi connectivity index (χ3n) is 2.36. The lowest BCUT2D eigenvalue weighted by Crippen LogP contribution is -2.40. The van der Waals surface area contributed by atoms with Gasteiger partial charge in [0.15, 0.2) is 0 Å². The van der Waals surface area contributed by atoms with Gasteiger partial charge in [-0.25, -0.2) is 0 Å². The van der Waals surface area contributed by atoms with Crippen LogP contribution in [-0.2, 0) is 9.53 Å². The number of hydrogen-bond acceptors (Lipinski definition) is 2. The molecule has 11 heavy (non-hydrogen) atoms. The van der Waals surface area contributed by atoms with Crippen molar-refractivity contribution < 1.29 is 9.53 Å². The second kappa shape index (κ2) is 2.34. The Bertz CT molecular complexity index is 202. The maximum Gasteiger partial charge on any atom is 0.246 e. The van der Waals surface area contributed by atoms with Gasteiger partial charge in [-0.2, -0.15) is 0 Å². The Labute approximate surface area is 65.6 Å². The summed E-state index contributed by atoms with van der Waals surface area (Å²) in [5.74, 6) is 0.0424. The van der Waals surface area contributed by atoms with E-state index >= 15 is 0 Å². The number of rotatable bonds is 1. The summed E-state index contributed by atoms with van der Waals surface area (Å²) in [5.41, 5.74) is 0. The van der Waals surface area contributed by atoms with Crippen molar-refractivity contribution in [3.63, 3.8) is 0 Å². The Hall–Kier alpha value is -0.830. The van der Waals surface area contributed by atoms with Gasteiger partial charge in [-0.3, -0.25) is 4.79 Å². The molecule has 0 saturated carbocycles. The Kier molecular flexibility index (Phi) is 1.46. The van der Waals surface area contributed by atoms with Gasteiger partial charge in [0.05, 0.1) is 18.8 Å². The molecule has 0 aliphatic carbocycles. The molecule has 2 rings (SSSR count). The van der Waals surface area contributed by atoms with Crippen molar-refractivity contribution in [2.75, 3.05) is 13.2 Å². The molecule has 60 valence electrons. The van der Waals surface area contributed by atoms with Gasteiger partial charge >= 0.3 is 0 Å². The molecule has 3 nitrogen and oxygen atoms in total. The second-order valence-corrected chi connectivity index (χ2v) is 3.04. The number of carbonyl (C=O) groups is 1. The lowest BCUT2D eigenvalue weighted by molar-refractivity contribution is -0.130. The maximum absolute atomic E-state index is 11.2. The van der Waals surface area contributed by atoms with Crippen molar-refractivity contribution in [2.45, 2.75) is 18.6 Å². The van der Waals surface area contributed by atoms with Gasteiger partial charge in [-0.1, -0.05) is 6.58 Å². The van der Waals surface area contributed by atoms with Crippen LogP contribution >= 0.6 is 0 Å². The fourth-order valence-corrected chi connectivity index (χ4v) is 1.79. The van der Waals surface area contributed by atoms with Crippen LogP contribution in [0.4, 0.5) is 0 Å². The van der Waals surface area contributed by atoms with Crippen LogP contribution in [0.3, 0.4) is 0 Å². The molecule has 1 amide bonds. The third-order valence-corrected chi connectivity index (χ3v) is 2.36. The molecule has 0 N–H and O–H groups in total. The maximum atomic E-state index is 11.2. The van der Waals surface area contributed by atoms with E-state index in [4.69, 9.17) is 4.74 Å². The normalized spacial score (nSPS) is 34.4. The van der Waals surface area contributed by atoms with Crippen molar-refractivity contribution in [2.24, 2.45) is 0 Å². The highest BCUT2D eigenvalue weighted by atomic mass is 16.5. The van der Waals surface area contributed by atoms with Crippen LogP contribution < -0.4 is 0 Å². The summed E-state index contributed by atoms with van der Waals surface area (Å²) < 4.78 is 5.35. The van der Waals surface area contributed by atoms with Gasteiger partial charge in [0, 0.05) is 6.54 Å². The van der Waals surface area contributed by atoms with E-state index in [1.54, 1.807) is 0 Å². The minimum Gasteiger partial charge on any atom is -0.374 e. The molecule has 0 aromatic rings. The number of ether oxygens (including phenoxy) is 1. The Morgan fingerprint density at radius 2 is 2.55 bits per heavy atom. The molecule has 2 aliphatic heterocycles. The predicted molar refractivity (Wildman–Crippen MR) is 40.1 cm³/mol. The minimum absolute atomic E-state index is 0.0424. The average molecular weight is 153 g/mol. The van der Waals surface area contributed by atoms with E-state index in [-0.39, 0.29) is 5.91 Å². The standard InChI is InChI=1S/C8H11NO2/c1-2-8(10)9-4-7-3-6(9)5-11-7/h2,6-7H,1,3-5H2. The molecule has 2 heterocycles. The molecule has 3 heteroatoms. The van der Waals surface area contributed by atoms with Crippen LogP contribution in [0.1, 0.15) is 6.42 Å². The first-order valence-corrected chi connectivity index (χ1v) is 3.86. The highest BCUT2D eigenvalue weighted by Gasteiger charge is 2.40.